The fourth-order valence-corrected chi connectivity index (χ4v) is 5.75. The second kappa shape index (κ2) is 21.7. The topological polar surface area (TPSA) is 29.5 Å². The van der Waals surface area contributed by atoms with Crippen molar-refractivity contribution >= 4 is 5.97 Å². The van der Waals surface area contributed by atoms with Gasteiger partial charge in [-0.3, -0.25) is 4.79 Å². The zero-order chi connectivity index (χ0) is 24.9. The van der Waals surface area contributed by atoms with Gasteiger partial charge in [-0.1, -0.05) is 116 Å². The van der Waals surface area contributed by atoms with Crippen LogP contribution in [0.2, 0.25) is 0 Å². The van der Waals surface area contributed by atoms with E-state index in [2.05, 4.69) is 25.9 Å². The number of carbonyl (C=O) groups is 1. The second-order valence-electron chi connectivity index (χ2n) is 11.7. The van der Waals surface area contributed by atoms with Crippen LogP contribution in [0.25, 0.3) is 0 Å². The standard InChI is InChI=1S/C31H61NO2/c1-5-6-7-11-16-21-28(27-32(2)3)22-17-12-8-9-13-18-23-29-26-30(29)24-19-14-10-15-20-25-31(33)34-4/h28-30H,5-27H2,1-4H3. The molecule has 1 aliphatic rings. The van der Waals surface area contributed by atoms with Crippen LogP contribution < -0.4 is 0 Å². The number of carbonyl (C=O) groups excluding carboxylic acids is 1. The summed E-state index contributed by atoms with van der Waals surface area (Å²) in [5.41, 5.74) is 0. The minimum atomic E-state index is -0.0574. The molecule has 0 aromatic rings. The number of nitrogens with zero attached hydrogens (tertiary/aromatic N) is 1. The maximum absolute atomic E-state index is 11.1. The molecule has 0 aliphatic heterocycles. The number of hydrogen-bond acceptors (Lipinski definition) is 3. The van der Waals surface area contributed by atoms with E-state index in [1.807, 2.05) is 0 Å². The summed E-state index contributed by atoms with van der Waals surface area (Å²) in [6.07, 6.45) is 30.0. The fourth-order valence-electron chi connectivity index (χ4n) is 5.75. The summed E-state index contributed by atoms with van der Waals surface area (Å²) in [7, 11) is 5.96. The highest BCUT2D eigenvalue weighted by Gasteiger charge is 2.34. The zero-order valence-corrected chi connectivity index (χ0v) is 23.8. The molecule has 1 aliphatic carbocycles. The Bertz CT molecular complexity index is 464. The molecule has 1 fully saturated rings. The quantitative estimate of drug-likeness (QED) is 0.0965. The van der Waals surface area contributed by atoms with Gasteiger partial charge in [0.25, 0.3) is 0 Å². The molecular formula is C31H61NO2. The Morgan fingerprint density at radius 3 is 1.71 bits per heavy atom. The lowest BCUT2D eigenvalue weighted by atomic mass is 9.93. The van der Waals surface area contributed by atoms with Crippen molar-refractivity contribution in [3.63, 3.8) is 0 Å². The lowest BCUT2D eigenvalue weighted by Gasteiger charge is -2.21. The fraction of sp³-hybridized carbons (Fsp3) is 0.968. The number of methoxy groups -OCH3 is 1. The van der Waals surface area contributed by atoms with E-state index in [9.17, 15) is 4.79 Å². The summed E-state index contributed by atoms with van der Waals surface area (Å²) in [6, 6.07) is 0. The number of hydrogen-bond donors (Lipinski definition) is 0. The molecule has 0 saturated heterocycles. The molecule has 0 amide bonds. The lowest BCUT2D eigenvalue weighted by Crippen LogP contribution is -2.21. The Kier molecular flexibility index (Phi) is 20.1. The van der Waals surface area contributed by atoms with Crippen LogP contribution in [0, 0.1) is 17.8 Å². The van der Waals surface area contributed by atoms with Gasteiger partial charge in [0.2, 0.25) is 0 Å². The maximum Gasteiger partial charge on any atom is 0.305 e. The number of ether oxygens (including phenoxy) is 1. The first-order chi connectivity index (χ1) is 16.6. The van der Waals surface area contributed by atoms with Crippen LogP contribution in [0.4, 0.5) is 0 Å². The van der Waals surface area contributed by atoms with E-state index in [-0.39, 0.29) is 5.97 Å². The van der Waals surface area contributed by atoms with E-state index in [1.165, 1.54) is 142 Å². The number of rotatable bonds is 25. The van der Waals surface area contributed by atoms with E-state index >= 15 is 0 Å². The molecule has 3 atom stereocenters. The van der Waals surface area contributed by atoms with Crippen molar-refractivity contribution in [2.45, 2.75) is 148 Å². The molecule has 34 heavy (non-hydrogen) atoms. The molecule has 0 spiro atoms. The van der Waals surface area contributed by atoms with Gasteiger partial charge in [-0.25, -0.2) is 0 Å². The lowest BCUT2D eigenvalue weighted by molar-refractivity contribution is -0.140. The van der Waals surface area contributed by atoms with Gasteiger partial charge in [-0.05, 0) is 57.5 Å². The van der Waals surface area contributed by atoms with Crippen molar-refractivity contribution in [3.05, 3.63) is 0 Å². The minimum Gasteiger partial charge on any atom is -0.469 e. The van der Waals surface area contributed by atoms with Crippen molar-refractivity contribution in [3.8, 4) is 0 Å². The highest BCUT2D eigenvalue weighted by Crippen LogP contribution is 2.45. The normalized spacial score (nSPS) is 18.4. The highest BCUT2D eigenvalue weighted by molar-refractivity contribution is 5.68. The van der Waals surface area contributed by atoms with E-state index in [0.29, 0.717) is 6.42 Å². The van der Waals surface area contributed by atoms with Gasteiger partial charge in [0, 0.05) is 13.0 Å². The first kappa shape index (κ1) is 31.5. The van der Waals surface area contributed by atoms with Crippen LogP contribution in [0.3, 0.4) is 0 Å². The number of esters is 1. The van der Waals surface area contributed by atoms with Crippen LogP contribution in [0.15, 0.2) is 0 Å². The minimum absolute atomic E-state index is 0.0574. The Labute approximate surface area is 214 Å². The summed E-state index contributed by atoms with van der Waals surface area (Å²) < 4.78 is 4.69. The Morgan fingerprint density at radius 1 is 0.735 bits per heavy atom. The molecule has 1 saturated carbocycles. The average molecular weight is 480 g/mol. The van der Waals surface area contributed by atoms with Crippen LogP contribution in [0.1, 0.15) is 148 Å². The van der Waals surface area contributed by atoms with Gasteiger partial charge in [0.15, 0.2) is 0 Å². The molecule has 0 aromatic heterocycles. The predicted molar refractivity (Wildman–Crippen MR) is 148 cm³/mol. The van der Waals surface area contributed by atoms with Crippen molar-refractivity contribution < 1.29 is 9.53 Å². The molecule has 202 valence electrons. The summed E-state index contributed by atoms with van der Waals surface area (Å²) in [5.74, 6) is 2.97. The van der Waals surface area contributed by atoms with Crippen LogP contribution >= 0.6 is 0 Å². The molecule has 0 N–H and O–H groups in total. The molecule has 1 rings (SSSR count). The van der Waals surface area contributed by atoms with Crippen molar-refractivity contribution in [2.75, 3.05) is 27.7 Å². The van der Waals surface area contributed by atoms with Gasteiger partial charge >= 0.3 is 5.97 Å². The summed E-state index contributed by atoms with van der Waals surface area (Å²) in [5, 5.41) is 0. The van der Waals surface area contributed by atoms with E-state index in [0.717, 1.165) is 24.2 Å². The molecule has 0 radical (unpaired) electrons. The summed E-state index contributed by atoms with van der Waals surface area (Å²) in [6.45, 7) is 3.59. The van der Waals surface area contributed by atoms with Crippen LogP contribution in [-0.4, -0.2) is 38.6 Å². The smallest absolute Gasteiger partial charge is 0.305 e. The van der Waals surface area contributed by atoms with E-state index in [1.54, 1.807) is 0 Å². The highest BCUT2D eigenvalue weighted by atomic mass is 16.5. The van der Waals surface area contributed by atoms with Crippen molar-refractivity contribution in [2.24, 2.45) is 17.8 Å². The molecule has 0 bridgehead atoms. The SMILES string of the molecule is CCCCCCCC(CCCCCCCCC1CC1CCCCCCCC(=O)OC)CN(C)C. The maximum atomic E-state index is 11.1. The molecule has 3 unspecified atom stereocenters. The third-order valence-electron chi connectivity index (χ3n) is 8.03. The Morgan fingerprint density at radius 2 is 1.21 bits per heavy atom. The first-order valence-corrected chi connectivity index (χ1v) is 15.3. The average Bonchev–Trinajstić information content (AvgIpc) is 3.57. The van der Waals surface area contributed by atoms with E-state index in [4.69, 9.17) is 4.74 Å². The van der Waals surface area contributed by atoms with Gasteiger partial charge in [-0.15, -0.1) is 0 Å². The van der Waals surface area contributed by atoms with E-state index < -0.39 is 0 Å². The van der Waals surface area contributed by atoms with Gasteiger partial charge in [-0.2, -0.15) is 0 Å². The molecule has 0 aromatic carbocycles. The van der Waals surface area contributed by atoms with Gasteiger partial charge in [0.05, 0.1) is 7.11 Å². The molecular weight excluding hydrogens is 418 g/mol. The first-order valence-electron chi connectivity index (χ1n) is 15.3. The van der Waals surface area contributed by atoms with Crippen molar-refractivity contribution in [1.82, 2.24) is 4.90 Å². The second-order valence-corrected chi connectivity index (χ2v) is 11.7. The predicted octanol–water partition coefficient (Wildman–Crippen LogP) is 9.19. The third-order valence-corrected chi connectivity index (χ3v) is 8.03. The Hall–Kier alpha value is -0.570. The third kappa shape index (κ3) is 18.7. The Balaban J connectivity index is 1.88. The molecule has 3 nitrogen and oxygen atoms in total. The largest absolute Gasteiger partial charge is 0.469 e. The zero-order valence-electron chi connectivity index (χ0n) is 23.8. The monoisotopic (exact) mass is 479 g/mol. The molecule has 3 heteroatoms. The van der Waals surface area contributed by atoms with Gasteiger partial charge in [0.1, 0.15) is 0 Å². The van der Waals surface area contributed by atoms with Crippen molar-refractivity contribution in [1.29, 1.82) is 0 Å². The van der Waals surface area contributed by atoms with Gasteiger partial charge < -0.3 is 9.64 Å². The van der Waals surface area contributed by atoms with Crippen LogP contribution in [-0.2, 0) is 9.53 Å². The summed E-state index contributed by atoms with van der Waals surface area (Å²) >= 11 is 0. The molecule has 0 heterocycles. The van der Waals surface area contributed by atoms with Crippen LogP contribution in [0.5, 0.6) is 0 Å². The summed E-state index contributed by atoms with van der Waals surface area (Å²) in [4.78, 5) is 13.5. The number of unbranched alkanes of at least 4 members (excludes halogenated alkanes) is 13.